The van der Waals surface area contributed by atoms with Crippen LogP contribution in [0, 0.1) is 10.8 Å². The molecule has 2 atom stereocenters. The molecule has 2 fully saturated rings. The quantitative estimate of drug-likeness (QED) is 0.717. The zero-order valence-electron chi connectivity index (χ0n) is 18.4. The molecule has 0 radical (unpaired) electrons. The molecule has 0 spiro atoms. The van der Waals surface area contributed by atoms with Crippen molar-refractivity contribution in [2.24, 2.45) is 10.8 Å². The molecule has 1 aliphatic carbocycles. The summed E-state index contributed by atoms with van der Waals surface area (Å²) in [5, 5.41) is 5.19. The first-order valence-corrected chi connectivity index (χ1v) is 11.4. The molecule has 3 aliphatic rings. The van der Waals surface area contributed by atoms with Crippen molar-refractivity contribution in [2.45, 2.75) is 59.2 Å². The normalized spacial score (nSPS) is 26.8. The first-order chi connectivity index (χ1) is 14.6. The molecule has 6 nitrogen and oxygen atoms in total. The van der Waals surface area contributed by atoms with Gasteiger partial charge < -0.3 is 9.80 Å². The third-order valence-corrected chi connectivity index (χ3v) is 7.26. The van der Waals surface area contributed by atoms with E-state index in [1.807, 2.05) is 29.2 Å². The Morgan fingerprint density at radius 2 is 2.00 bits per heavy atom. The minimum absolute atomic E-state index is 0.0393. The van der Waals surface area contributed by atoms with E-state index in [2.05, 4.69) is 25.9 Å². The smallest absolute Gasteiger partial charge is 0.274 e. The van der Waals surface area contributed by atoms with Crippen LogP contribution in [-0.4, -0.2) is 50.5 Å². The number of benzene rings is 1. The molecule has 31 heavy (non-hydrogen) atoms. The van der Waals surface area contributed by atoms with Gasteiger partial charge in [0.15, 0.2) is 5.69 Å². The van der Waals surface area contributed by atoms with Crippen molar-refractivity contribution in [2.75, 3.05) is 13.1 Å². The minimum atomic E-state index is -0.0916. The SMILES string of the molecule is CC1(C)CC2CC(C)(CN2C(=O)c2cc3n(n2)CCN(Cc2cccc(Cl)c2)C3=O)C1. The Balaban J connectivity index is 1.35. The summed E-state index contributed by atoms with van der Waals surface area (Å²) in [6.45, 7) is 9.31. The van der Waals surface area contributed by atoms with E-state index in [9.17, 15) is 9.59 Å². The summed E-state index contributed by atoms with van der Waals surface area (Å²) in [7, 11) is 0. The Morgan fingerprint density at radius 3 is 2.77 bits per heavy atom. The molecular formula is C24H29ClN4O2. The third-order valence-electron chi connectivity index (χ3n) is 7.03. The van der Waals surface area contributed by atoms with Crippen LogP contribution in [-0.2, 0) is 13.1 Å². The molecule has 0 N–H and O–H groups in total. The van der Waals surface area contributed by atoms with Gasteiger partial charge in [0, 0.05) is 36.8 Å². The second-order valence-corrected chi connectivity index (χ2v) is 11.1. The number of hydrogen-bond donors (Lipinski definition) is 0. The molecule has 2 amide bonds. The van der Waals surface area contributed by atoms with Gasteiger partial charge in [-0.15, -0.1) is 0 Å². The van der Waals surface area contributed by atoms with Crippen LogP contribution in [0.15, 0.2) is 30.3 Å². The van der Waals surface area contributed by atoms with Crippen molar-refractivity contribution < 1.29 is 9.59 Å². The van der Waals surface area contributed by atoms with Crippen LogP contribution in [0.4, 0.5) is 0 Å². The van der Waals surface area contributed by atoms with Crippen LogP contribution >= 0.6 is 11.6 Å². The zero-order valence-corrected chi connectivity index (χ0v) is 19.2. The van der Waals surface area contributed by atoms with Crippen LogP contribution in [0.25, 0.3) is 0 Å². The van der Waals surface area contributed by atoms with E-state index in [1.54, 1.807) is 15.6 Å². The first kappa shape index (κ1) is 20.6. The molecule has 1 saturated carbocycles. The average Bonchev–Trinajstić information content (AvgIpc) is 3.22. The van der Waals surface area contributed by atoms with E-state index in [0.717, 1.165) is 31.4 Å². The summed E-state index contributed by atoms with van der Waals surface area (Å²) >= 11 is 6.09. The fourth-order valence-electron chi connectivity index (χ4n) is 6.19. The highest BCUT2D eigenvalue weighted by atomic mass is 35.5. The Kier molecular flexibility index (Phi) is 4.70. The molecule has 1 aromatic carbocycles. The first-order valence-electron chi connectivity index (χ1n) is 11.1. The Morgan fingerprint density at radius 1 is 1.19 bits per heavy atom. The van der Waals surface area contributed by atoms with Crippen molar-refractivity contribution in [1.29, 1.82) is 0 Å². The van der Waals surface area contributed by atoms with Crippen molar-refractivity contribution in [3.63, 3.8) is 0 Å². The highest BCUT2D eigenvalue weighted by molar-refractivity contribution is 6.30. The lowest BCUT2D eigenvalue weighted by molar-refractivity contribution is 0.0675. The molecule has 2 aliphatic heterocycles. The molecule has 1 aromatic heterocycles. The number of nitrogens with zero attached hydrogens (tertiary/aromatic N) is 4. The molecule has 2 unspecified atom stereocenters. The van der Waals surface area contributed by atoms with Gasteiger partial charge in [-0.2, -0.15) is 5.10 Å². The zero-order chi connectivity index (χ0) is 22.0. The Labute approximate surface area is 188 Å². The predicted molar refractivity (Wildman–Crippen MR) is 119 cm³/mol. The molecule has 1 saturated heterocycles. The van der Waals surface area contributed by atoms with E-state index in [-0.39, 0.29) is 28.7 Å². The maximum atomic E-state index is 13.4. The summed E-state index contributed by atoms with van der Waals surface area (Å²) in [4.78, 5) is 30.3. The number of rotatable bonds is 3. The van der Waals surface area contributed by atoms with Gasteiger partial charge >= 0.3 is 0 Å². The molecule has 2 aromatic rings. The number of aromatic nitrogens is 2. The van der Waals surface area contributed by atoms with Gasteiger partial charge in [0.2, 0.25) is 0 Å². The number of fused-ring (bicyclic) bond motifs is 3. The fraction of sp³-hybridized carbons (Fsp3) is 0.542. The summed E-state index contributed by atoms with van der Waals surface area (Å²) in [5.41, 5.74) is 2.29. The van der Waals surface area contributed by atoms with E-state index in [1.165, 1.54) is 0 Å². The number of amides is 2. The van der Waals surface area contributed by atoms with Gasteiger partial charge in [-0.3, -0.25) is 14.3 Å². The van der Waals surface area contributed by atoms with Crippen LogP contribution in [0.3, 0.4) is 0 Å². The lowest BCUT2D eigenvalue weighted by Gasteiger charge is -2.39. The third kappa shape index (κ3) is 3.75. The van der Waals surface area contributed by atoms with E-state index in [4.69, 9.17) is 11.6 Å². The second kappa shape index (κ2) is 7.09. The van der Waals surface area contributed by atoms with Gasteiger partial charge in [0.25, 0.3) is 11.8 Å². The van der Waals surface area contributed by atoms with Gasteiger partial charge in [0.1, 0.15) is 5.69 Å². The van der Waals surface area contributed by atoms with Crippen LogP contribution < -0.4 is 0 Å². The summed E-state index contributed by atoms with van der Waals surface area (Å²) in [5.74, 6) is -0.131. The highest BCUT2D eigenvalue weighted by Gasteiger charge is 2.51. The van der Waals surface area contributed by atoms with Crippen molar-refractivity contribution >= 4 is 23.4 Å². The maximum absolute atomic E-state index is 13.4. The van der Waals surface area contributed by atoms with E-state index < -0.39 is 0 Å². The van der Waals surface area contributed by atoms with E-state index >= 15 is 0 Å². The Bertz CT molecular complexity index is 1060. The van der Waals surface area contributed by atoms with Crippen molar-refractivity contribution in [1.82, 2.24) is 19.6 Å². The molecular weight excluding hydrogens is 412 g/mol. The number of halogens is 1. The minimum Gasteiger partial charge on any atom is -0.334 e. The number of carbonyl (C=O) groups excluding carboxylic acids is 2. The largest absolute Gasteiger partial charge is 0.334 e. The summed E-state index contributed by atoms with van der Waals surface area (Å²) in [6, 6.07) is 9.50. The molecule has 5 rings (SSSR count). The van der Waals surface area contributed by atoms with Crippen molar-refractivity contribution in [3.8, 4) is 0 Å². The lowest BCUT2D eigenvalue weighted by Crippen LogP contribution is -2.39. The summed E-state index contributed by atoms with van der Waals surface area (Å²) in [6.07, 6.45) is 3.22. The lowest BCUT2D eigenvalue weighted by atomic mass is 9.65. The average molecular weight is 441 g/mol. The number of carbonyl (C=O) groups is 2. The van der Waals surface area contributed by atoms with Gasteiger partial charge in [-0.25, -0.2) is 0 Å². The van der Waals surface area contributed by atoms with Gasteiger partial charge in [-0.1, -0.05) is 44.5 Å². The van der Waals surface area contributed by atoms with Crippen molar-refractivity contribution in [3.05, 3.63) is 52.3 Å². The van der Waals surface area contributed by atoms with Crippen LogP contribution in [0.5, 0.6) is 0 Å². The van der Waals surface area contributed by atoms with Crippen LogP contribution in [0.2, 0.25) is 5.02 Å². The topological polar surface area (TPSA) is 58.4 Å². The molecule has 7 heteroatoms. The predicted octanol–water partition coefficient (Wildman–Crippen LogP) is 4.23. The fourth-order valence-corrected chi connectivity index (χ4v) is 6.41. The summed E-state index contributed by atoms with van der Waals surface area (Å²) < 4.78 is 1.69. The second-order valence-electron chi connectivity index (χ2n) is 10.6. The molecule has 2 bridgehead atoms. The molecule has 3 heterocycles. The van der Waals surface area contributed by atoms with Gasteiger partial charge in [0.05, 0.1) is 6.54 Å². The molecule has 164 valence electrons. The maximum Gasteiger partial charge on any atom is 0.274 e. The standard InChI is InChI=1S/C24H29ClN4O2/c1-23(2)11-18-12-24(3,14-23)15-28(18)21(30)19-10-20-22(31)27(7-8-29(20)26-19)13-16-5-4-6-17(25)9-16/h4-6,9-10,18H,7-8,11-15H2,1-3H3. The number of hydrogen-bond acceptors (Lipinski definition) is 3. The Hall–Kier alpha value is -2.34. The monoisotopic (exact) mass is 440 g/mol. The van der Waals surface area contributed by atoms with Gasteiger partial charge in [-0.05, 0) is 47.8 Å². The van der Waals surface area contributed by atoms with E-state index in [0.29, 0.717) is 36.0 Å². The van der Waals surface area contributed by atoms with Crippen LogP contribution in [0.1, 0.15) is 66.6 Å². The highest BCUT2D eigenvalue weighted by Crippen LogP contribution is 2.52. The number of likely N-dealkylation sites (tertiary alicyclic amines) is 1.